The molecule has 0 fully saturated rings. The molecule has 2 nitrogen and oxygen atoms in total. The van der Waals surface area contributed by atoms with Crippen molar-refractivity contribution in [3.8, 4) is 0 Å². The number of nitrogens with one attached hydrogen (secondary N) is 1. The Morgan fingerprint density at radius 3 is 2.58 bits per heavy atom. The van der Waals surface area contributed by atoms with Gasteiger partial charge in [-0.15, -0.1) is 0 Å². The van der Waals surface area contributed by atoms with Crippen LogP contribution in [0.25, 0.3) is 0 Å². The minimum absolute atomic E-state index is 0.240. The van der Waals surface area contributed by atoms with E-state index in [0.29, 0.717) is 6.42 Å². The maximum atomic E-state index is 13.8. The summed E-state index contributed by atoms with van der Waals surface area (Å²) in [5.41, 5.74) is 4.93. The molecule has 0 bridgehead atoms. The molecule has 2 rings (SSSR count). The zero-order valence-corrected chi connectivity index (χ0v) is 10.7. The van der Waals surface area contributed by atoms with Gasteiger partial charge in [0.1, 0.15) is 0 Å². The molecule has 0 aliphatic rings. The van der Waals surface area contributed by atoms with E-state index >= 15 is 0 Å². The molecule has 1 unspecified atom stereocenters. The number of halogens is 2. The minimum atomic E-state index is -0.859. The Balaban J connectivity index is 2.28. The fourth-order valence-electron chi connectivity index (χ4n) is 2.12. The van der Waals surface area contributed by atoms with E-state index in [2.05, 4.69) is 5.43 Å². The van der Waals surface area contributed by atoms with Gasteiger partial charge >= 0.3 is 0 Å². The maximum Gasteiger partial charge on any atom is 0.163 e. The molecule has 0 aromatic heterocycles. The van der Waals surface area contributed by atoms with Gasteiger partial charge < -0.3 is 0 Å². The molecular formula is C15H16F2N2. The molecule has 0 radical (unpaired) electrons. The number of rotatable bonds is 4. The van der Waals surface area contributed by atoms with Crippen LogP contribution in [-0.4, -0.2) is 0 Å². The van der Waals surface area contributed by atoms with E-state index in [4.69, 9.17) is 5.84 Å². The van der Waals surface area contributed by atoms with Crippen LogP contribution in [0.15, 0.2) is 42.5 Å². The molecule has 0 heterocycles. The molecule has 0 saturated carbocycles. The van der Waals surface area contributed by atoms with E-state index in [0.717, 1.165) is 17.2 Å². The van der Waals surface area contributed by atoms with Gasteiger partial charge in [-0.25, -0.2) is 8.78 Å². The molecule has 0 aliphatic carbocycles. The van der Waals surface area contributed by atoms with Crippen LogP contribution in [0.3, 0.4) is 0 Å². The molecule has 4 heteroatoms. The van der Waals surface area contributed by atoms with E-state index in [1.165, 1.54) is 6.07 Å². The third kappa shape index (κ3) is 3.16. The van der Waals surface area contributed by atoms with Gasteiger partial charge in [-0.2, -0.15) is 0 Å². The predicted molar refractivity (Wildman–Crippen MR) is 71.3 cm³/mol. The van der Waals surface area contributed by atoms with Gasteiger partial charge in [-0.3, -0.25) is 11.3 Å². The Morgan fingerprint density at radius 2 is 1.89 bits per heavy atom. The molecule has 19 heavy (non-hydrogen) atoms. The number of nitrogens with two attached hydrogens (primary N) is 1. The van der Waals surface area contributed by atoms with E-state index < -0.39 is 17.7 Å². The van der Waals surface area contributed by atoms with Crippen LogP contribution < -0.4 is 11.3 Å². The number of aryl methyl sites for hydroxylation is 1. The summed E-state index contributed by atoms with van der Waals surface area (Å²) >= 11 is 0. The predicted octanol–water partition coefficient (Wildman–Crippen LogP) is 3.02. The van der Waals surface area contributed by atoms with Gasteiger partial charge in [0.2, 0.25) is 0 Å². The second-order valence-electron chi connectivity index (χ2n) is 4.56. The van der Waals surface area contributed by atoms with Gasteiger partial charge in [-0.05, 0) is 25.0 Å². The first-order valence-electron chi connectivity index (χ1n) is 6.07. The monoisotopic (exact) mass is 262 g/mol. The second-order valence-corrected chi connectivity index (χ2v) is 4.56. The van der Waals surface area contributed by atoms with Crippen LogP contribution >= 0.6 is 0 Å². The average Bonchev–Trinajstić information content (AvgIpc) is 2.40. The average molecular weight is 262 g/mol. The lowest BCUT2D eigenvalue weighted by Crippen LogP contribution is -2.30. The maximum absolute atomic E-state index is 13.8. The van der Waals surface area contributed by atoms with Crippen molar-refractivity contribution in [1.82, 2.24) is 5.43 Å². The Kier molecular flexibility index (Phi) is 4.24. The summed E-state index contributed by atoms with van der Waals surface area (Å²) in [7, 11) is 0. The van der Waals surface area contributed by atoms with Crippen LogP contribution in [0.5, 0.6) is 0 Å². The molecule has 2 aromatic carbocycles. The standard InChI is InChI=1S/C15H16F2N2/c1-10-4-2-5-11(8-10)9-14(19-18)12-6-3-7-13(16)15(12)17/h2-8,14,19H,9,18H2,1H3. The van der Waals surface area contributed by atoms with Crippen molar-refractivity contribution in [3.05, 3.63) is 70.8 Å². The van der Waals surface area contributed by atoms with E-state index in [-0.39, 0.29) is 5.56 Å². The Morgan fingerprint density at radius 1 is 1.16 bits per heavy atom. The Bertz CT molecular complexity index is 570. The van der Waals surface area contributed by atoms with Crippen LogP contribution in [0.4, 0.5) is 8.78 Å². The highest BCUT2D eigenvalue weighted by Gasteiger charge is 2.17. The summed E-state index contributed by atoms with van der Waals surface area (Å²) in [5, 5.41) is 0. The molecule has 100 valence electrons. The molecule has 3 N–H and O–H groups in total. The van der Waals surface area contributed by atoms with E-state index in [9.17, 15) is 8.78 Å². The Hall–Kier alpha value is -1.78. The lowest BCUT2D eigenvalue weighted by Gasteiger charge is -2.17. The second kappa shape index (κ2) is 5.91. The zero-order valence-electron chi connectivity index (χ0n) is 10.7. The summed E-state index contributed by atoms with van der Waals surface area (Å²) in [4.78, 5) is 0. The minimum Gasteiger partial charge on any atom is -0.271 e. The Labute approximate surface area is 111 Å². The van der Waals surface area contributed by atoms with Gasteiger partial charge in [0, 0.05) is 5.56 Å². The molecule has 0 saturated heterocycles. The fraction of sp³-hybridized carbons (Fsp3) is 0.200. The highest BCUT2D eigenvalue weighted by molar-refractivity contribution is 5.27. The smallest absolute Gasteiger partial charge is 0.163 e. The summed E-state index contributed by atoms with van der Waals surface area (Å²) < 4.78 is 27.0. The number of hydrogen-bond donors (Lipinski definition) is 2. The summed E-state index contributed by atoms with van der Waals surface area (Å²) in [6.45, 7) is 1.98. The number of hydrogen-bond acceptors (Lipinski definition) is 2. The lowest BCUT2D eigenvalue weighted by molar-refractivity contribution is 0.464. The van der Waals surface area contributed by atoms with Crippen molar-refractivity contribution >= 4 is 0 Å². The number of benzene rings is 2. The first-order chi connectivity index (χ1) is 9.11. The molecule has 2 aromatic rings. The molecule has 0 spiro atoms. The van der Waals surface area contributed by atoms with Gasteiger partial charge in [-0.1, -0.05) is 42.0 Å². The van der Waals surface area contributed by atoms with Gasteiger partial charge in [0.15, 0.2) is 11.6 Å². The van der Waals surface area contributed by atoms with E-state index in [1.807, 2.05) is 31.2 Å². The summed E-state index contributed by atoms with van der Waals surface area (Å²) in [6.07, 6.45) is 0.499. The first-order valence-corrected chi connectivity index (χ1v) is 6.07. The third-order valence-corrected chi connectivity index (χ3v) is 3.08. The van der Waals surface area contributed by atoms with Crippen LogP contribution in [0.2, 0.25) is 0 Å². The van der Waals surface area contributed by atoms with Gasteiger partial charge in [0.25, 0.3) is 0 Å². The topological polar surface area (TPSA) is 38.0 Å². The van der Waals surface area contributed by atoms with Crippen molar-refractivity contribution < 1.29 is 8.78 Å². The van der Waals surface area contributed by atoms with Crippen molar-refractivity contribution in [2.24, 2.45) is 5.84 Å². The largest absolute Gasteiger partial charge is 0.271 e. The van der Waals surface area contributed by atoms with Gasteiger partial charge in [0.05, 0.1) is 6.04 Å². The summed E-state index contributed by atoms with van der Waals surface area (Å²) in [6, 6.07) is 11.5. The summed E-state index contributed by atoms with van der Waals surface area (Å²) in [5.74, 6) is 3.76. The van der Waals surface area contributed by atoms with Crippen LogP contribution in [0.1, 0.15) is 22.7 Å². The first kappa shape index (κ1) is 13.6. The van der Waals surface area contributed by atoms with Crippen LogP contribution in [-0.2, 0) is 6.42 Å². The molecular weight excluding hydrogens is 246 g/mol. The molecule has 0 aliphatic heterocycles. The van der Waals surface area contributed by atoms with Crippen molar-refractivity contribution in [1.29, 1.82) is 0 Å². The quantitative estimate of drug-likeness (QED) is 0.656. The van der Waals surface area contributed by atoms with Crippen molar-refractivity contribution in [2.75, 3.05) is 0 Å². The van der Waals surface area contributed by atoms with E-state index in [1.54, 1.807) is 6.07 Å². The molecule has 0 amide bonds. The van der Waals surface area contributed by atoms with Crippen molar-refractivity contribution in [2.45, 2.75) is 19.4 Å². The SMILES string of the molecule is Cc1cccc(CC(NN)c2cccc(F)c2F)c1. The highest BCUT2D eigenvalue weighted by Crippen LogP contribution is 2.22. The zero-order chi connectivity index (χ0) is 13.8. The highest BCUT2D eigenvalue weighted by atomic mass is 19.2. The van der Waals surface area contributed by atoms with Crippen LogP contribution in [0, 0.1) is 18.6 Å². The van der Waals surface area contributed by atoms with Crippen molar-refractivity contribution in [3.63, 3.8) is 0 Å². The molecule has 1 atom stereocenters. The lowest BCUT2D eigenvalue weighted by atomic mass is 9.98. The fourth-order valence-corrected chi connectivity index (χ4v) is 2.12. The number of hydrazine groups is 1. The normalized spacial score (nSPS) is 12.4. The third-order valence-electron chi connectivity index (χ3n) is 3.08.